The molecule has 4 heteroatoms. The standard InChI is InChI=1S/C14H18N4/c1-14(6-8-15-9-7-14)18-13-16-10-11-4-2-3-5-12(11)17-13/h2-5,10,15H,6-9H2,1H3,(H,16,17,18). The Hall–Kier alpha value is -1.68. The van der Waals surface area contributed by atoms with Crippen molar-refractivity contribution in [3.63, 3.8) is 0 Å². The summed E-state index contributed by atoms with van der Waals surface area (Å²) < 4.78 is 0. The van der Waals surface area contributed by atoms with Crippen LogP contribution in [0.25, 0.3) is 10.9 Å². The number of benzene rings is 1. The smallest absolute Gasteiger partial charge is 0.223 e. The first-order valence-corrected chi connectivity index (χ1v) is 6.46. The molecular formula is C14H18N4. The lowest BCUT2D eigenvalue weighted by Gasteiger charge is -2.34. The highest BCUT2D eigenvalue weighted by molar-refractivity contribution is 5.78. The molecule has 1 fully saturated rings. The molecule has 0 saturated carbocycles. The molecule has 2 N–H and O–H groups in total. The van der Waals surface area contributed by atoms with Gasteiger partial charge < -0.3 is 10.6 Å². The quantitative estimate of drug-likeness (QED) is 0.847. The van der Waals surface area contributed by atoms with Crippen LogP contribution in [0, 0.1) is 0 Å². The molecule has 1 aromatic carbocycles. The van der Waals surface area contributed by atoms with Gasteiger partial charge in [-0.15, -0.1) is 0 Å². The molecule has 4 nitrogen and oxygen atoms in total. The molecule has 3 rings (SSSR count). The molecule has 94 valence electrons. The van der Waals surface area contributed by atoms with Gasteiger partial charge in [-0.1, -0.05) is 18.2 Å². The Morgan fingerprint density at radius 1 is 1.22 bits per heavy atom. The van der Waals surface area contributed by atoms with Crippen LogP contribution in [0.5, 0.6) is 0 Å². The van der Waals surface area contributed by atoms with Gasteiger partial charge in [0.25, 0.3) is 0 Å². The second-order valence-corrected chi connectivity index (χ2v) is 5.19. The predicted octanol–water partition coefficient (Wildman–Crippen LogP) is 2.18. The molecule has 1 aliphatic heterocycles. The van der Waals surface area contributed by atoms with Gasteiger partial charge in [0.15, 0.2) is 0 Å². The van der Waals surface area contributed by atoms with Crippen molar-refractivity contribution in [2.24, 2.45) is 0 Å². The van der Waals surface area contributed by atoms with Crippen LogP contribution >= 0.6 is 0 Å². The van der Waals surface area contributed by atoms with E-state index in [0.717, 1.165) is 42.8 Å². The zero-order valence-electron chi connectivity index (χ0n) is 10.6. The molecule has 1 saturated heterocycles. The zero-order valence-corrected chi connectivity index (χ0v) is 10.6. The average molecular weight is 242 g/mol. The van der Waals surface area contributed by atoms with Gasteiger partial charge in [-0.2, -0.15) is 0 Å². The Morgan fingerprint density at radius 2 is 2.00 bits per heavy atom. The Bertz CT molecular complexity index is 546. The Morgan fingerprint density at radius 3 is 2.83 bits per heavy atom. The summed E-state index contributed by atoms with van der Waals surface area (Å²) in [5.74, 6) is 0.734. The molecule has 0 aliphatic carbocycles. The van der Waals surface area contributed by atoms with Crippen LogP contribution < -0.4 is 10.6 Å². The lowest BCUT2D eigenvalue weighted by atomic mass is 9.91. The first-order chi connectivity index (χ1) is 8.75. The van der Waals surface area contributed by atoms with E-state index in [1.807, 2.05) is 30.5 Å². The minimum absolute atomic E-state index is 0.105. The first-order valence-electron chi connectivity index (χ1n) is 6.46. The van der Waals surface area contributed by atoms with Crippen LogP contribution in [-0.2, 0) is 0 Å². The van der Waals surface area contributed by atoms with Crippen molar-refractivity contribution in [3.05, 3.63) is 30.5 Å². The largest absolute Gasteiger partial charge is 0.349 e. The zero-order chi connectivity index (χ0) is 12.4. The van der Waals surface area contributed by atoms with Gasteiger partial charge in [0.05, 0.1) is 5.52 Å². The van der Waals surface area contributed by atoms with Crippen LogP contribution in [0.4, 0.5) is 5.95 Å². The number of aromatic nitrogens is 2. The van der Waals surface area contributed by atoms with Crippen molar-refractivity contribution in [3.8, 4) is 0 Å². The van der Waals surface area contributed by atoms with Crippen LogP contribution in [-0.4, -0.2) is 28.6 Å². The summed E-state index contributed by atoms with van der Waals surface area (Å²) in [7, 11) is 0. The molecule has 0 unspecified atom stereocenters. The molecule has 1 aliphatic rings. The van der Waals surface area contributed by atoms with Gasteiger partial charge in [-0.3, -0.25) is 0 Å². The second-order valence-electron chi connectivity index (χ2n) is 5.19. The maximum Gasteiger partial charge on any atom is 0.223 e. The molecule has 18 heavy (non-hydrogen) atoms. The van der Waals surface area contributed by atoms with Crippen LogP contribution in [0.15, 0.2) is 30.5 Å². The number of nitrogens with zero attached hydrogens (tertiary/aromatic N) is 2. The van der Waals surface area contributed by atoms with E-state index in [1.54, 1.807) is 0 Å². The number of piperidine rings is 1. The maximum absolute atomic E-state index is 4.57. The number of anilines is 1. The van der Waals surface area contributed by atoms with E-state index < -0.39 is 0 Å². The highest BCUT2D eigenvalue weighted by Crippen LogP contribution is 2.22. The normalized spacial score (nSPS) is 18.7. The maximum atomic E-state index is 4.57. The number of hydrogen-bond donors (Lipinski definition) is 2. The molecule has 0 amide bonds. The van der Waals surface area contributed by atoms with Crippen molar-refractivity contribution in [2.75, 3.05) is 18.4 Å². The van der Waals surface area contributed by atoms with Gasteiger partial charge in [0.2, 0.25) is 5.95 Å². The van der Waals surface area contributed by atoms with E-state index in [-0.39, 0.29) is 5.54 Å². The lowest BCUT2D eigenvalue weighted by molar-refractivity contribution is 0.363. The van der Waals surface area contributed by atoms with Crippen molar-refractivity contribution in [1.82, 2.24) is 15.3 Å². The van der Waals surface area contributed by atoms with Gasteiger partial charge in [-0.05, 0) is 38.9 Å². The third-order valence-electron chi connectivity index (χ3n) is 3.61. The Kier molecular flexibility index (Phi) is 2.88. The van der Waals surface area contributed by atoms with E-state index in [4.69, 9.17) is 0 Å². The number of para-hydroxylation sites is 1. The number of hydrogen-bond acceptors (Lipinski definition) is 4. The summed E-state index contributed by atoms with van der Waals surface area (Å²) in [5, 5.41) is 7.94. The number of rotatable bonds is 2. The highest BCUT2D eigenvalue weighted by Gasteiger charge is 2.27. The Labute approximate surface area is 107 Å². The molecule has 1 aromatic heterocycles. The van der Waals surface area contributed by atoms with E-state index in [1.165, 1.54) is 0 Å². The van der Waals surface area contributed by atoms with Crippen LogP contribution in [0.3, 0.4) is 0 Å². The van der Waals surface area contributed by atoms with Gasteiger partial charge in [-0.25, -0.2) is 9.97 Å². The van der Waals surface area contributed by atoms with E-state index in [9.17, 15) is 0 Å². The average Bonchev–Trinajstić information content (AvgIpc) is 2.39. The SMILES string of the molecule is CC1(Nc2ncc3ccccc3n2)CCNCC1. The third kappa shape index (κ3) is 2.29. The molecule has 2 heterocycles. The van der Waals surface area contributed by atoms with Crippen molar-refractivity contribution in [1.29, 1.82) is 0 Å². The minimum Gasteiger partial charge on any atom is -0.349 e. The van der Waals surface area contributed by atoms with E-state index >= 15 is 0 Å². The van der Waals surface area contributed by atoms with Crippen LogP contribution in [0.1, 0.15) is 19.8 Å². The molecule has 0 atom stereocenters. The fraction of sp³-hybridized carbons (Fsp3) is 0.429. The second kappa shape index (κ2) is 4.53. The molecular weight excluding hydrogens is 224 g/mol. The highest BCUT2D eigenvalue weighted by atomic mass is 15.1. The summed E-state index contributed by atoms with van der Waals surface area (Å²) in [6.45, 7) is 4.35. The predicted molar refractivity (Wildman–Crippen MR) is 73.7 cm³/mol. The third-order valence-corrected chi connectivity index (χ3v) is 3.61. The Balaban J connectivity index is 1.85. The minimum atomic E-state index is 0.105. The fourth-order valence-corrected chi connectivity index (χ4v) is 2.41. The molecule has 0 spiro atoms. The summed E-state index contributed by atoms with van der Waals surface area (Å²) >= 11 is 0. The monoisotopic (exact) mass is 242 g/mol. The van der Waals surface area contributed by atoms with Gasteiger partial charge in [0, 0.05) is 17.1 Å². The van der Waals surface area contributed by atoms with Crippen molar-refractivity contribution in [2.45, 2.75) is 25.3 Å². The van der Waals surface area contributed by atoms with Crippen LogP contribution in [0.2, 0.25) is 0 Å². The lowest BCUT2D eigenvalue weighted by Crippen LogP contribution is -2.45. The summed E-state index contributed by atoms with van der Waals surface area (Å²) in [6.07, 6.45) is 4.08. The number of nitrogens with one attached hydrogen (secondary N) is 2. The summed E-state index contributed by atoms with van der Waals surface area (Å²) in [4.78, 5) is 8.98. The van der Waals surface area contributed by atoms with Crippen molar-refractivity contribution < 1.29 is 0 Å². The molecule has 0 bridgehead atoms. The summed E-state index contributed by atoms with van der Waals surface area (Å²) in [6, 6.07) is 8.07. The van der Waals surface area contributed by atoms with E-state index in [0.29, 0.717) is 0 Å². The van der Waals surface area contributed by atoms with E-state index in [2.05, 4.69) is 27.5 Å². The summed E-state index contributed by atoms with van der Waals surface area (Å²) in [5.41, 5.74) is 1.10. The first kappa shape index (κ1) is 11.4. The van der Waals surface area contributed by atoms with Gasteiger partial charge >= 0.3 is 0 Å². The fourth-order valence-electron chi connectivity index (χ4n) is 2.41. The number of fused-ring (bicyclic) bond motifs is 1. The molecule has 2 aromatic rings. The molecule has 0 radical (unpaired) electrons. The topological polar surface area (TPSA) is 49.8 Å². The van der Waals surface area contributed by atoms with Crippen molar-refractivity contribution >= 4 is 16.9 Å². The van der Waals surface area contributed by atoms with Gasteiger partial charge in [0.1, 0.15) is 0 Å².